The first kappa shape index (κ1) is 16.8. The van der Waals surface area contributed by atoms with E-state index < -0.39 is 0 Å². The van der Waals surface area contributed by atoms with Gasteiger partial charge in [0.2, 0.25) is 5.91 Å². The maximum atomic E-state index is 12.8. The molecule has 2 aromatic heterocycles. The highest BCUT2D eigenvalue weighted by Crippen LogP contribution is 2.16. The number of nitrogens with zero attached hydrogens (tertiary/aromatic N) is 3. The molecule has 6 nitrogen and oxygen atoms in total. The summed E-state index contributed by atoms with van der Waals surface area (Å²) in [6, 6.07) is 9.47. The number of aromatic amines is 1. The van der Waals surface area contributed by atoms with Gasteiger partial charge in [-0.15, -0.1) is 11.3 Å². The molecule has 0 bridgehead atoms. The zero-order valence-electron chi connectivity index (χ0n) is 14.4. The lowest BCUT2D eigenvalue weighted by molar-refractivity contribution is -0.130. The fraction of sp³-hybridized carbons (Fsp3) is 0.316. The van der Waals surface area contributed by atoms with Crippen molar-refractivity contribution in [2.24, 2.45) is 0 Å². The molecule has 1 aliphatic heterocycles. The average molecular weight is 368 g/mol. The number of benzene rings is 1. The summed E-state index contributed by atoms with van der Waals surface area (Å²) in [5.41, 5.74) is 2.36. The summed E-state index contributed by atoms with van der Waals surface area (Å²) in [4.78, 5) is 37.4. The van der Waals surface area contributed by atoms with E-state index in [2.05, 4.69) is 9.97 Å². The molecule has 0 atom stereocenters. The van der Waals surface area contributed by atoms with Crippen molar-refractivity contribution in [3.05, 3.63) is 52.5 Å². The number of nitrogens with one attached hydrogen (secondary N) is 1. The summed E-state index contributed by atoms with van der Waals surface area (Å²) in [6.07, 6.45) is 2.87. The van der Waals surface area contributed by atoms with Gasteiger partial charge in [-0.3, -0.25) is 9.59 Å². The minimum atomic E-state index is 0.00838. The van der Waals surface area contributed by atoms with Crippen LogP contribution in [0.5, 0.6) is 0 Å². The first-order valence-electron chi connectivity index (χ1n) is 8.73. The molecule has 1 aliphatic rings. The number of fused-ring (bicyclic) bond motifs is 1. The Hall–Kier alpha value is -2.67. The number of rotatable bonds is 3. The third kappa shape index (κ3) is 3.48. The second-order valence-corrected chi connectivity index (χ2v) is 7.45. The molecule has 0 spiro atoms. The quantitative estimate of drug-likeness (QED) is 0.772. The minimum absolute atomic E-state index is 0.00838. The van der Waals surface area contributed by atoms with Crippen LogP contribution in [0.15, 0.2) is 42.0 Å². The highest BCUT2D eigenvalue weighted by Gasteiger charge is 2.23. The first-order chi connectivity index (χ1) is 12.7. The highest BCUT2D eigenvalue weighted by molar-refractivity contribution is 7.10. The molecule has 0 aliphatic carbocycles. The fourth-order valence-corrected chi connectivity index (χ4v) is 3.99. The maximum absolute atomic E-state index is 12.8. The van der Waals surface area contributed by atoms with Crippen LogP contribution in [0.3, 0.4) is 0 Å². The van der Waals surface area contributed by atoms with Gasteiger partial charge in [-0.05, 0) is 36.1 Å². The third-order valence-electron chi connectivity index (χ3n) is 4.71. The number of imidazole rings is 1. The van der Waals surface area contributed by atoms with Gasteiger partial charge in [0.25, 0.3) is 5.91 Å². The lowest BCUT2D eigenvalue weighted by Crippen LogP contribution is -2.37. The van der Waals surface area contributed by atoms with Gasteiger partial charge in [-0.1, -0.05) is 6.07 Å². The van der Waals surface area contributed by atoms with Crippen molar-refractivity contribution in [1.82, 2.24) is 19.8 Å². The molecule has 1 aromatic carbocycles. The van der Waals surface area contributed by atoms with E-state index in [4.69, 9.17) is 0 Å². The summed E-state index contributed by atoms with van der Waals surface area (Å²) in [6.45, 7) is 2.52. The lowest BCUT2D eigenvalue weighted by Gasteiger charge is -2.22. The molecule has 26 heavy (non-hydrogen) atoms. The molecular weight excluding hydrogens is 348 g/mol. The van der Waals surface area contributed by atoms with Gasteiger partial charge in [0.1, 0.15) is 0 Å². The van der Waals surface area contributed by atoms with Crippen molar-refractivity contribution in [2.75, 3.05) is 26.2 Å². The number of hydrogen-bond donors (Lipinski definition) is 1. The van der Waals surface area contributed by atoms with Crippen molar-refractivity contribution >= 4 is 34.2 Å². The Morgan fingerprint density at radius 1 is 1.12 bits per heavy atom. The maximum Gasteiger partial charge on any atom is 0.253 e. The Labute approximate surface area is 155 Å². The van der Waals surface area contributed by atoms with Crippen LogP contribution >= 0.6 is 11.3 Å². The van der Waals surface area contributed by atoms with Crippen molar-refractivity contribution in [2.45, 2.75) is 12.8 Å². The molecule has 7 heteroatoms. The summed E-state index contributed by atoms with van der Waals surface area (Å²) < 4.78 is 0. The normalized spacial score (nSPS) is 15.2. The lowest BCUT2D eigenvalue weighted by atomic mass is 10.1. The fourth-order valence-electron chi connectivity index (χ4n) is 3.30. The van der Waals surface area contributed by atoms with Gasteiger partial charge in [0, 0.05) is 36.6 Å². The minimum Gasteiger partial charge on any atom is -0.345 e. The van der Waals surface area contributed by atoms with Crippen LogP contribution in [0.25, 0.3) is 11.0 Å². The van der Waals surface area contributed by atoms with Crippen molar-refractivity contribution in [1.29, 1.82) is 0 Å². The number of thiophene rings is 1. The average Bonchev–Trinajstić information content (AvgIpc) is 3.27. The molecule has 1 N–H and O–H groups in total. The van der Waals surface area contributed by atoms with Crippen molar-refractivity contribution < 1.29 is 9.59 Å². The molecule has 3 aromatic rings. The molecular formula is C19H20N4O2S. The summed E-state index contributed by atoms with van der Waals surface area (Å²) in [5.74, 6) is 0.148. The molecule has 3 heterocycles. The molecule has 0 saturated carbocycles. The monoisotopic (exact) mass is 368 g/mol. The van der Waals surface area contributed by atoms with E-state index in [1.54, 1.807) is 17.7 Å². The number of carbonyl (C=O) groups excluding carboxylic acids is 2. The second kappa shape index (κ2) is 7.29. The van der Waals surface area contributed by atoms with Gasteiger partial charge < -0.3 is 14.8 Å². The zero-order chi connectivity index (χ0) is 17.9. The van der Waals surface area contributed by atoms with E-state index in [0.29, 0.717) is 38.2 Å². The van der Waals surface area contributed by atoms with E-state index in [9.17, 15) is 9.59 Å². The smallest absolute Gasteiger partial charge is 0.253 e. The van der Waals surface area contributed by atoms with Crippen LogP contribution in [0.4, 0.5) is 0 Å². The molecule has 0 unspecified atom stereocenters. The Kier molecular flexibility index (Phi) is 4.71. The van der Waals surface area contributed by atoms with Crippen LogP contribution in [-0.4, -0.2) is 57.8 Å². The van der Waals surface area contributed by atoms with Crippen molar-refractivity contribution in [3.8, 4) is 0 Å². The Balaban J connectivity index is 1.41. The van der Waals surface area contributed by atoms with E-state index in [1.165, 1.54) is 0 Å². The van der Waals surface area contributed by atoms with E-state index in [-0.39, 0.29) is 11.8 Å². The molecule has 1 saturated heterocycles. The van der Waals surface area contributed by atoms with E-state index >= 15 is 0 Å². The van der Waals surface area contributed by atoms with Crippen LogP contribution in [0.1, 0.15) is 21.7 Å². The van der Waals surface area contributed by atoms with Gasteiger partial charge in [0.05, 0.1) is 23.8 Å². The number of amides is 2. The van der Waals surface area contributed by atoms with Gasteiger partial charge >= 0.3 is 0 Å². The molecule has 0 radical (unpaired) electrons. The third-order valence-corrected chi connectivity index (χ3v) is 5.58. The zero-order valence-corrected chi connectivity index (χ0v) is 15.2. The van der Waals surface area contributed by atoms with Gasteiger partial charge in [0.15, 0.2) is 0 Å². The standard InChI is InChI=1S/C19H20N4O2S/c24-18(12-15-3-1-10-26-15)22-6-2-7-23(9-8-22)19(25)14-4-5-16-17(11-14)21-13-20-16/h1,3-5,10-11,13H,2,6-9,12H2,(H,20,21). The van der Waals surface area contributed by atoms with Gasteiger partial charge in [-0.25, -0.2) is 4.98 Å². The Morgan fingerprint density at radius 2 is 1.96 bits per heavy atom. The second-order valence-electron chi connectivity index (χ2n) is 6.42. The van der Waals surface area contributed by atoms with Gasteiger partial charge in [-0.2, -0.15) is 0 Å². The van der Waals surface area contributed by atoms with E-state index in [1.807, 2.05) is 45.5 Å². The summed E-state index contributed by atoms with van der Waals surface area (Å²) in [5, 5.41) is 1.99. The number of carbonyl (C=O) groups is 2. The van der Waals surface area contributed by atoms with Crippen molar-refractivity contribution in [3.63, 3.8) is 0 Å². The largest absolute Gasteiger partial charge is 0.345 e. The number of aromatic nitrogens is 2. The van der Waals surface area contributed by atoms with Crippen LogP contribution in [0, 0.1) is 0 Å². The Morgan fingerprint density at radius 3 is 2.81 bits per heavy atom. The highest BCUT2D eigenvalue weighted by atomic mass is 32.1. The SMILES string of the molecule is O=C(Cc1cccs1)N1CCCN(C(=O)c2ccc3nc[nH]c3c2)CC1. The van der Waals surface area contributed by atoms with Crippen LogP contribution < -0.4 is 0 Å². The predicted octanol–water partition coefficient (Wildman–Crippen LogP) is 2.54. The summed E-state index contributed by atoms with van der Waals surface area (Å²) >= 11 is 1.60. The summed E-state index contributed by atoms with van der Waals surface area (Å²) in [7, 11) is 0. The number of hydrogen-bond acceptors (Lipinski definition) is 4. The Bertz CT molecular complexity index is 919. The van der Waals surface area contributed by atoms with Crippen LogP contribution in [-0.2, 0) is 11.2 Å². The topological polar surface area (TPSA) is 69.3 Å². The molecule has 4 rings (SSSR count). The molecule has 134 valence electrons. The van der Waals surface area contributed by atoms with E-state index in [0.717, 1.165) is 22.3 Å². The number of H-pyrrole nitrogens is 1. The first-order valence-corrected chi connectivity index (χ1v) is 9.61. The predicted molar refractivity (Wildman–Crippen MR) is 101 cm³/mol. The van der Waals surface area contributed by atoms with Crippen LogP contribution in [0.2, 0.25) is 0 Å². The molecule has 2 amide bonds. The molecule has 1 fully saturated rings.